The number of nitrogens with zero attached hydrogens (tertiary/aromatic N) is 1. The Kier molecular flexibility index (Phi) is 2.85. The van der Waals surface area contributed by atoms with Crippen molar-refractivity contribution in [3.63, 3.8) is 0 Å². The Hall–Kier alpha value is -0.270. The van der Waals surface area contributed by atoms with E-state index in [0.29, 0.717) is 0 Å². The zero-order chi connectivity index (χ0) is 11.1. The molecule has 0 unspecified atom stereocenters. The standard InChI is InChI=1S/C11H10FIN2S/c12-8-2-1-3-10-11(8)7-6-14-5-4-9(7)15(10)16-13/h1-3,14H,4-6H2. The van der Waals surface area contributed by atoms with Gasteiger partial charge in [-0.25, -0.2) is 4.39 Å². The fourth-order valence-electron chi connectivity index (χ4n) is 2.33. The van der Waals surface area contributed by atoms with Crippen LogP contribution in [0.1, 0.15) is 11.3 Å². The number of benzene rings is 1. The van der Waals surface area contributed by atoms with Gasteiger partial charge in [-0.2, -0.15) is 0 Å². The quantitative estimate of drug-likeness (QED) is 0.797. The highest BCUT2D eigenvalue weighted by atomic mass is 127. The molecule has 0 fully saturated rings. The molecule has 0 saturated heterocycles. The maximum atomic E-state index is 13.9. The van der Waals surface area contributed by atoms with Crippen molar-refractivity contribution in [3.05, 3.63) is 35.3 Å². The van der Waals surface area contributed by atoms with Gasteiger partial charge in [0.15, 0.2) is 0 Å². The minimum Gasteiger partial charge on any atom is -0.312 e. The van der Waals surface area contributed by atoms with Gasteiger partial charge < -0.3 is 5.32 Å². The van der Waals surface area contributed by atoms with Crippen LogP contribution in [0.4, 0.5) is 4.39 Å². The molecule has 0 amide bonds. The van der Waals surface area contributed by atoms with Gasteiger partial charge in [0.1, 0.15) is 5.82 Å². The lowest BCUT2D eigenvalue weighted by molar-refractivity contribution is 0.623. The van der Waals surface area contributed by atoms with Gasteiger partial charge >= 0.3 is 0 Å². The third kappa shape index (κ3) is 1.48. The Morgan fingerprint density at radius 2 is 2.31 bits per heavy atom. The summed E-state index contributed by atoms with van der Waals surface area (Å²) in [5.41, 5.74) is 3.38. The molecular formula is C11H10FIN2S. The maximum Gasteiger partial charge on any atom is 0.132 e. The number of hydrogen-bond acceptors (Lipinski definition) is 2. The molecule has 3 rings (SSSR count). The van der Waals surface area contributed by atoms with Crippen LogP contribution in [0.5, 0.6) is 0 Å². The lowest BCUT2D eigenvalue weighted by Gasteiger charge is -2.14. The Bertz CT molecular complexity index is 552. The number of aromatic nitrogens is 1. The molecule has 0 atom stereocenters. The van der Waals surface area contributed by atoms with Gasteiger partial charge in [-0.05, 0) is 17.7 Å². The molecule has 2 nitrogen and oxygen atoms in total. The molecule has 0 saturated carbocycles. The molecule has 16 heavy (non-hydrogen) atoms. The highest BCUT2D eigenvalue weighted by Gasteiger charge is 2.21. The van der Waals surface area contributed by atoms with Crippen molar-refractivity contribution < 1.29 is 4.39 Å². The molecule has 2 aromatic rings. The molecule has 0 spiro atoms. The molecule has 1 aliphatic rings. The minimum absolute atomic E-state index is 0.110. The summed E-state index contributed by atoms with van der Waals surface area (Å²) < 4.78 is 16.0. The molecule has 0 radical (unpaired) electrons. The summed E-state index contributed by atoms with van der Waals surface area (Å²) in [6, 6.07) is 5.31. The molecule has 0 aliphatic carbocycles. The van der Waals surface area contributed by atoms with E-state index in [0.717, 1.165) is 36.0 Å². The van der Waals surface area contributed by atoms with Crippen molar-refractivity contribution in [2.45, 2.75) is 13.0 Å². The van der Waals surface area contributed by atoms with Crippen molar-refractivity contribution >= 4 is 41.2 Å². The van der Waals surface area contributed by atoms with Gasteiger partial charge in [-0.15, -0.1) is 0 Å². The van der Waals surface area contributed by atoms with Crippen LogP contribution in [-0.4, -0.2) is 10.5 Å². The average Bonchev–Trinajstić information content (AvgIpc) is 2.64. The Labute approximate surface area is 109 Å². The van der Waals surface area contributed by atoms with Crippen LogP contribution < -0.4 is 5.32 Å². The van der Waals surface area contributed by atoms with E-state index in [1.54, 1.807) is 21.3 Å². The van der Waals surface area contributed by atoms with Crippen molar-refractivity contribution in [1.29, 1.82) is 0 Å². The van der Waals surface area contributed by atoms with E-state index in [1.807, 2.05) is 6.07 Å². The molecule has 1 aromatic heterocycles. The van der Waals surface area contributed by atoms with Gasteiger partial charge in [-0.1, -0.05) is 6.07 Å². The van der Waals surface area contributed by atoms with Gasteiger partial charge in [0.05, 0.1) is 5.52 Å². The number of fused-ring (bicyclic) bond motifs is 3. The van der Waals surface area contributed by atoms with E-state index in [9.17, 15) is 4.39 Å². The Morgan fingerprint density at radius 3 is 3.12 bits per heavy atom. The smallest absolute Gasteiger partial charge is 0.132 e. The molecule has 5 heteroatoms. The second-order valence-corrected chi connectivity index (χ2v) is 5.53. The van der Waals surface area contributed by atoms with Crippen LogP contribution >= 0.6 is 30.3 Å². The van der Waals surface area contributed by atoms with Gasteiger partial charge in [-0.3, -0.25) is 3.97 Å². The second-order valence-electron chi connectivity index (χ2n) is 3.85. The molecular weight excluding hydrogens is 338 g/mol. The van der Waals surface area contributed by atoms with Crippen molar-refractivity contribution in [3.8, 4) is 0 Å². The SMILES string of the molecule is Fc1cccc2c1c1c(n2SI)CCNC1. The van der Waals surface area contributed by atoms with Crippen LogP contribution in [0.25, 0.3) is 10.9 Å². The minimum atomic E-state index is -0.110. The van der Waals surface area contributed by atoms with E-state index >= 15 is 0 Å². The summed E-state index contributed by atoms with van der Waals surface area (Å²) in [6.45, 7) is 1.75. The van der Waals surface area contributed by atoms with E-state index in [4.69, 9.17) is 0 Å². The van der Waals surface area contributed by atoms with Crippen molar-refractivity contribution in [2.75, 3.05) is 6.54 Å². The topological polar surface area (TPSA) is 17.0 Å². The summed E-state index contributed by atoms with van der Waals surface area (Å²) in [5.74, 6) is -0.110. The third-order valence-corrected chi connectivity index (χ3v) is 4.75. The van der Waals surface area contributed by atoms with Gasteiger partial charge in [0, 0.05) is 60.9 Å². The zero-order valence-electron chi connectivity index (χ0n) is 8.46. The molecule has 84 valence electrons. The second kappa shape index (κ2) is 4.19. The Balaban J connectivity index is 2.42. The first-order valence-corrected chi connectivity index (χ1v) is 8.45. The van der Waals surface area contributed by atoms with Crippen LogP contribution in [0, 0.1) is 5.82 Å². The molecule has 1 N–H and O–H groups in total. The van der Waals surface area contributed by atoms with Crippen LogP contribution in [-0.2, 0) is 13.0 Å². The first kappa shape index (κ1) is 10.9. The highest BCUT2D eigenvalue weighted by Crippen LogP contribution is 2.35. The first-order valence-electron chi connectivity index (χ1n) is 5.13. The first-order chi connectivity index (χ1) is 7.83. The highest BCUT2D eigenvalue weighted by molar-refractivity contribution is 14.2. The third-order valence-electron chi connectivity index (χ3n) is 3.02. The number of rotatable bonds is 1. The summed E-state index contributed by atoms with van der Waals surface area (Å²) >= 11 is 2.25. The normalized spacial score (nSPS) is 15.4. The summed E-state index contributed by atoms with van der Waals surface area (Å²) in [4.78, 5) is 0. The van der Waals surface area contributed by atoms with E-state index in [2.05, 4.69) is 30.5 Å². The van der Waals surface area contributed by atoms with Gasteiger partial charge in [0.2, 0.25) is 0 Å². The van der Waals surface area contributed by atoms with Gasteiger partial charge in [0.25, 0.3) is 0 Å². The largest absolute Gasteiger partial charge is 0.312 e. The number of hydrogen-bond donors (Lipinski definition) is 1. The lowest BCUT2D eigenvalue weighted by atomic mass is 10.1. The predicted molar refractivity (Wildman–Crippen MR) is 74.3 cm³/mol. The summed E-state index contributed by atoms with van der Waals surface area (Å²) in [7, 11) is 1.62. The number of halogens is 2. The molecule has 2 heterocycles. The number of nitrogens with one attached hydrogen (secondary N) is 1. The van der Waals surface area contributed by atoms with Crippen molar-refractivity contribution in [1.82, 2.24) is 9.29 Å². The molecule has 1 aromatic carbocycles. The Morgan fingerprint density at radius 1 is 1.44 bits per heavy atom. The predicted octanol–water partition coefficient (Wildman–Crippen LogP) is 3.27. The van der Waals surface area contributed by atoms with Crippen LogP contribution in [0.3, 0.4) is 0 Å². The summed E-state index contributed by atoms with van der Waals surface area (Å²) in [5, 5.41) is 4.09. The van der Waals surface area contributed by atoms with E-state index in [-0.39, 0.29) is 5.82 Å². The molecule has 1 aliphatic heterocycles. The summed E-state index contributed by atoms with van der Waals surface area (Å²) in [6.07, 6.45) is 0.972. The monoisotopic (exact) mass is 348 g/mol. The van der Waals surface area contributed by atoms with E-state index < -0.39 is 0 Å². The fourth-order valence-corrected chi connectivity index (χ4v) is 4.20. The van der Waals surface area contributed by atoms with Crippen LogP contribution in [0.15, 0.2) is 18.2 Å². The van der Waals surface area contributed by atoms with E-state index in [1.165, 1.54) is 5.69 Å². The lowest BCUT2D eigenvalue weighted by Crippen LogP contribution is -2.23. The fraction of sp³-hybridized carbons (Fsp3) is 0.273. The average molecular weight is 348 g/mol. The van der Waals surface area contributed by atoms with Crippen LogP contribution in [0.2, 0.25) is 0 Å². The van der Waals surface area contributed by atoms with Crippen molar-refractivity contribution in [2.24, 2.45) is 0 Å². The maximum absolute atomic E-state index is 13.9. The zero-order valence-corrected chi connectivity index (χ0v) is 11.4. The molecule has 0 bridgehead atoms.